The zero-order valence-electron chi connectivity index (χ0n) is 9.16. The van der Waals surface area contributed by atoms with E-state index in [1.165, 1.54) is 0 Å². The topological polar surface area (TPSA) is 58.4 Å². The van der Waals surface area contributed by atoms with Gasteiger partial charge in [0.15, 0.2) is 5.11 Å². The van der Waals surface area contributed by atoms with E-state index in [-0.39, 0.29) is 11.8 Å². The third kappa shape index (κ3) is 3.66. The third-order valence-electron chi connectivity index (χ3n) is 2.64. The van der Waals surface area contributed by atoms with Crippen LogP contribution in [0.1, 0.15) is 26.2 Å². The molecule has 86 valence electrons. The number of thiocarbonyl (C=S) groups is 1. The van der Waals surface area contributed by atoms with Gasteiger partial charge in [-0.25, -0.2) is 0 Å². The summed E-state index contributed by atoms with van der Waals surface area (Å²) in [5.41, 5.74) is 5.30. The summed E-state index contributed by atoms with van der Waals surface area (Å²) in [5.74, 6) is -0.252. The molecule has 0 spiro atoms. The normalized spacial score (nSPS) is 21.1. The summed E-state index contributed by atoms with van der Waals surface area (Å²) >= 11 is 5.24. The highest BCUT2D eigenvalue weighted by atomic mass is 32.1. The monoisotopic (exact) mass is 229 g/mol. The standard InChI is InChI=1S/C10H19N3OS/c1-2-5-12-10(15)13-6-3-4-8(7-13)9(11)14/h8H,2-7H2,1H3,(H2,11,14)(H,12,15). The van der Waals surface area contributed by atoms with E-state index < -0.39 is 0 Å². The van der Waals surface area contributed by atoms with Crippen LogP contribution in [0.4, 0.5) is 0 Å². The van der Waals surface area contributed by atoms with E-state index in [4.69, 9.17) is 18.0 Å². The number of amides is 1. The van der Waals surface area contributed by atoms with Crippen LogP contribution in [0.25, 0.3) is 0 Å². The third-order valence-corrected chi connectivity index (χ3v) is 3.04. The molecule has 0 aromatic heterocycles. The first-order chi connectivity index (χ1) is 7.15. The summed E-state index contributed by atoms with van der Waals surface area (Å²) in [5, 5.41) is 3.92. The minimum atomic E-state index is -0.210. The SMILES string of the molecule is CCCNC(=S)N1CCCC(C(N)=O)C1. The molecule has 15 heavy (non-hydrogen) atoms. The molecule has 0 bridgehead atoms. The molecular formula is C10H19N3OS. The fourth-order valence-electron chi connectivity index (χ4n) is 1.74. The Bertz CT molecular complexity index is 245. The largest absolute Gasteiger partial charge is 0.369 e. The molecule has 1 unspecified atom stereocenters. The van der Waals surface area contributed by atoms with Crippen LogP contribution in [0, 0.1) is 5.92 Å². The smallest absolute Gasteiger partial charge is 0.222 e. The van der Waals surface area contributed by atoms with Gasteiger partial charge in [0.25, 0.3) is 0 Å². The highest BCUT2D eigenvalue weighted by Gasteiger charge is 2.24. The maximum atomic E-state index is 11.1. The second kappa shape index (κ2) is 5.90. The Morgan fingerprint density at radius 3 is 3.00 bits per heavy atom. The quantitative estimate of drug-likeness (QED) is 0.691. The highest BCUT2D eigenvalue weighted by molar-refractivity contribution is 7.80. The average molecular weight is 229 g/mol. The lowest BCUT2D eigenvalue weighted by molar-refractivity contribution is -0.122. The Kier molecular flexibility index (Phi) is 4.81. The summed E-state index contributed by atoms with van der Waals surface area (Å²) in [6, 6.07) is 0. The van der Waals surface area contributed by atoms with E-state index in [1.807, 2.05) is 4.90 Å². The molecular weight excluding hydrogens is 210 g/mol. The Morgan fingerprint density at radius 2 is 2.40 bits per heavy atom. The zero-order valence-corrected chi connectivity index (χ0v) is 9.98. The van der Waals surface area contributed by atoms with Crippen LogP contribution in [-0.4, -0.2) is 35.6 Å². The highest BCUT2D eigenvalue weighted by Crippen LogP contribution is 2.15. The van der Waals surface area contributed by atoms with E-state index in [1.54, 1.807) is 0 Å². The van der Waals surface area contributed by atoms with Crippen molar-refractivity contribution in [3.63, 3.8) is 0 Å². The van der Waals surface area contributed by atoms with Crippen molar-refractivity contribution < 1.29 is 4.79 Å². The number of carbonyl (C=O) groups excluding carboxylic acids is 1. The number of nitrogens with zero attached hydrogens (tertiary/aromatic N) is 1. The van der Waals surface area contributed by atoms with Crippen molar-refractivity contribution in [3.8, 4) is 0 Å². The summed E-state index contributed by atoms with van der Waals surface area (Å²) in [7, 11) is 0. The summed E-state index contributed by atoms with van der Waals surface area (Å²) in [6.07, 6.45) is 2.93. The fraction of sp³-hybridized carbons (Fsp3) is 0.800. The molecule has 1 amide bonds. The minimum Gasteiger partial charge on any atom is -0.369 e. The Morgan fingerprint density at radius 1 is 1.67 bits per heavy atom. The molecule has 0 saturated carbocycles. The van der Waals surface area contributed by atoms with Gasteiger partial charge in [-0.05, 0) is 31.5 Å². The number of hydrogen-bond acceptors (Lipinski definition) is 2. The lowest BCUT2D eigenvalue weighted by Crippen LogP contribution is -2.48. The first-order valence-corrected chi connectivity index (χ1v) is 5.88. The van der Waals surface area contributed by atoms with Gasteiger partial charge in [0, 0.05) is 19.6 Å². The van der Waals surface area contributed by atoms with E-state index in [0.29, 0.717) is 6.54 Å². The summed E-state index contributed by atoms with van der Waals surface area (Å²) < 4.78 is 0. The number of likely N-dealkylation sites (tertiary alicyclic amines) is 1. The molecule has 1 fully saturated rings. The van der Waals surface area contributed by atoms with Crippen LogP contribution in [0.3, 0.4) is 0 Å². The van der Waals surface area contributed by atoms with E-state index in [9.17, 15) is 4.79 Å². The average Bonchev–Trinajstić information content (AvgIpc) is 2.26. The van der Waals surface area contributed by atoms with Crippen LogP contribution < -0.4 is 11.1 Å². The lowest BCUT2D eigenvalue weighted by atomic mass is 9.98. The molecule has 3 N–H and O–H groups in total. The van der Waals surface area contributed by atoms with Crippen molar-refractivity contribution in [2.45, 2.75) is 26.2 Å². The van der Waals surface area contributed by atoms with E-state index >= 15 is 0 Å². The molecule has 0 aromatic carbocycles. The number of nitrogens with one attached hydrogen (secondary N) is 1. The number of hydrogen-bond donors (Lipinski definition) is 2. The molecule has 0 aromatic rings. The predicted octanol–water partition coefficient (Wildman–Crippen LogP) is 0.468. The molecule has 0 radical (unpaired) electrons. The van der Waals surface area contributed by atoms with Gasteiger partial charge in [-0.15, -0.1) is 0 Å². The van der Waals surface area contributed by atoms with Gasteiger partial charge in [0.2, 0.25) is 5.91 Å². The number of primary amides is 1. The van der Waals surface area contributed by atoms with Crippen molar-refractivity contribution in [1.82, 2.24) is 10.2 Å². The predicted molar refractivity (Wildman–Crippen MR) is 64.4 cm³/mol. The number of piperidine rings is 1. The van der Waals surface area contributed by atoms with Gasteiger partial charge in [-0.1, -0.05) is 6.92 Å². The molecule has 1 rings (SSSR count). The summed E-state index contributed by atoms with van der Waals surface area (Å²) in [4.78, 5) is 13.1. The first kappa shape index (κ1) is 12.2. The maximum Gasteiger partial charge on any atom is 0.222 e. The Labute approximate surface area is 96.2 Å². The van der Waals surface area contributed by atoms with Crippen LogP contribution in [-0.2, 0) is 4.79 Å². The van der Waals surface area contributed by atoms with Gasteiger partial charge in [-0.2, -0.15) is 0 Å². The first-order valence-electron chi connectivity index (χ1n) is 5.47. The van der Waals surface area contributed by atoms with Gasteiger partial charge in [-0.3, -0.25) is 4.79 Å². The molecule has 1 heterocycles. The van der Waals surface area contributed by atoms with Crippen LogP contribution in [0.15, 0.2) is 0 Å². The van der Waals surface area contributed by atoms with Crippen molar-refractivity contribution in [2.75, 3.05) is 19.6 Å². The minimum absolute atomic E-state index is 0.0415. The molecule has 4 nitrogen and oxygen atoms in total. The van der Waals surface area contributed by atoms with E-state index in [2.05, 4.69) is 12.2 Å². The second-order valence-electron chi connectivity index (χ2n) is 3.92. The number of rotatable bonds is 3. The van der Waals surface area contributed by atoms with Crippen molar-refractivity contribution in [2.24, 2.45) is 11.7 Å². The van der Waals surface area contributed by atoms with Crippen LogP contribution in [0.2, 0.25) is 0 Å². The van der Waals surface area contributed by atoms with Crippen molar-refractivity contribution in [1.29, 1.82) is 0 Å². The number of carbonyl (C=O) groups is 1. The Balaban J connectivity index is 2.41. The molecule has 1 atom stereocenters. The van der Waals surface area contributed by atoms with Crippen molar-refractivity contribution >= 4 is 23.2 Å². The van der Waals surface area contributed by atoms with Gasteiger partial charge >= 0.3 is 0 Å². The van der Waals surface area contributed by atoms with Gasteiger partial charge in [0.1, 0.15) is 0 Å². The molecule has 1 aliphatic rings. The van der Waals surface area contributed by atoms with Crippen LogP contribution >= 0.6 is 12.2 Å². The second-order valence-corrected chi connectivity index (χ2v) is 4.31. The maximum absolute atomic E-state index is 11.1. The lowest BCUT2D eigenvalue weighted by Gasteiger charge is -2.33. The molecule has 5 heteroatoms. The molecule has 1 aliphatic heterocycles. The number of nitrogens with two attached hydrogens (primary N) is 1. The molecule has 0 aliphatic carbocycles. The Hall–Kier alpha value is -0.840. The van der Waals surface area contributed by atoms with Gasteiger partial charge in [0.05, 0.1) is 5.92 Å². The van der Waals surface area contributed by atoms with Gasteiger partial charge < -0.3 is 16.0 Å². The van der Waals surface area contributed by atoms with Crippen LogP contribution in [0.5, 0.6) is 0 Å². The zero-order chi connectivity index (χ0) is 11.3. The van der Waals surface area contributed by atoms with Crippen molar-refractivity contribution in [3.05, 3.63) is 0 Å². The molecule has 1 saturated heterocycles. The summed E-state index contributed by atoms with van der Waals surface area (Å²) in [6.45, 7) is 4.58. The fourth-order valence-corrected chi connectivity index (χ4v) is 2.01. The van der Waals surface area contributed by atoms with E-state index in [0.717, 1.165) is 37.5 Å².